The maximum absolute atomic E-state index is 10.6. The number of hydrogen-bond donors (Lipinski definition) is 2. The van der Waals surface area contributed by atoms with Gasteiger partial charge in [-0.3, -0.25) is 4.90 Å². The average Bonchev–Trinajstić information content (AvgIpc) is 2.65. The first kappa shape index (κ1) is 27.7. The van der Waals surface area contributed by atoms with Gasteiger partial charge in [-0.15, -0.1) is 24.8 Å². The molecule has 3 N–H and O–H groups in total. The summed E-state index contributed by atoms with van der Waals surface area (Å²) < 4.78 is 0. The summed E-state index contributed by atoms with van der Waals surface area (Å²) in [5.41, 5.74) is 9.22. The van der Waals surface area contributed by atoms with Crippen LogP contribution in [0.15, 0.2) is 48.5 Å². The lowest BCUT2D eigenvalue weighted by molar-refractivity contribution is 0.170. The van der Waals surface area contributed by atoms with E-state index in [-0.39, 0.29) is 30.7 Å². The molecular weight excluding hydrogens is 403 g/mol. The van der Waals surface area contributed by atoms with E-state index < -0.39 is 0 Å². The third kappa shape index (κ3) is 8.18. The van der Waals surface area contributed by atoms with E-state index in [1.807, 2.05) is 18.2 Å². The Balaban J connectivity index is 0.00000392. The number of phenolic OH excluding ortho intramolecular Hbond substituents is 1. The van der Waals surface area contributed by atoms with Gasteiger partial charge >= 0.3 is 0 Å². The lowest BCUT2D eigenvalue weighted by Gasteiger charge is -2.32. The summed E-state index contributed by atoms with van der Waals surface area (Å²) >= 11 is 0. The second kappa shape index (κ2) is 13.9. The molecule has 0 unspecified atom stereocenters. The molecule has 1 atom stereocenters. The van der Waals surface area contributed by atoms with Gasteiger partial charge in [-0.05, 0) is 77.2 Å². The van der Waals surface area contributed by atoms with Crippen molar-refractivity contribution in [3.63, 3.8) is 0 Å². The molecule has 0 bridgehead atoms. The maximum atomic E-state index is 10.6. The summed E-state index contributed by atoms with van der Waals surface area (Å²) in [4.78, 5) is 2.52. The van der Waals surface area contributed by atoms with Crippen molar-refractivity contribution in [1.82, 2.24) is 4.90 Å². The van der Waals surface area contributed by atoms with Gasteiger partial charge in [-0.25, -0.2) is 0 Å². The van der Waals surface area contributed by atoms with E-state index in [1.165, 1.54) is 11.1 Å². The Hall–Kier alpha value is -1.26. The van der Waals surface area contributed by atoms with Crippen molar-refractivity contribution in [3.8, 4) is 5.75 Å². The van der Waals surface area contributed by atoms with Crippen molar-refractivity contribution in [2.24, 2.45) is 5.73 Å². The number of aromatic hydroxyl groups is 1. The number of phenols is 1. The average molecular weight is 441 g/mol. The maximum Gasteiger partial charge on any atom is 0.119 e. The SMILES string of the molecule is CC(C)N(CC[C@H](c1ccccc1)c1cc(CCCN)ccc1O)C(C)C.Cl.Cl. The Kier molecular flexibility index (Phi) is 13.3. The molecule has 0 heterocycles. The quantitative estimate of drug-likeness (QED) is 0.492. The molecule has 3 nitrogen and oxygen atoms in total. The molecule has 2 rings (SSSR count). The molecule has 0 saturated heterocycles. The molecule has 0 aliphatic heterocycles. The predicted octanol–water partition coefficient (Wildman–Crippen LogP) is 5.77. The standard InChI is InChI=1S/C24H36N2O.2ClH/c1-18(2)26(19(3)4)16-14-22(21-10-6-5-7-11-21)23-17-20(9-8-15-25)12-13-24(23)27;;/h5-7,10-13,17-19,22,27H,8-9,14-16,25H2,1-4H3;2*1H/t22-;;/m1../s1. The summed E-state index contributed by atoms with van der Waals surface area (Å²) in [5.74, 6) is 0.574. The van der Waals surface area contributed by atoms with Crippen molar-refractivity contribution < 1.29 is 5.11 Å². The third-order valence-electron chi connectivity index (χ3n) is 5.34. The molecular formula is C24H38Cl2N2O. The molecule has 0 radical (unpaired) electrons. The predicted molar refractivity (Wildman–Crippen MR) is 130 cm³/mol. The van der Waals surface area contributed by atoms with Gasteiger partial charge in [0.1, 0.15) is 5.75 Å². The molecule has 164 valence electrons. The van der Waals surface area contributed by atoms with E-state index in [0.717, 1.165) is 31.4 Å². The number of nitrogens with zero attached hydrogens (tertiary/aromatic N) is 1. The Morgan fingerprint density at radius 2 is 1.55 bits per heavy atom. The summed E-state index contributed by atoms with van der Waals surface area (Å²) in [6.07, 6.45) is 2.90. The Bertz CT molecular complexity index is 685. The van der Waals surface area contributed by atoms with Crippen LogP contribution in [0.4, 0.5) is 0 Å². The number of aryl methyl sites for hydroxylation is 1. The van der Waals surface area contributed by atoms with Crippen LogP contribution in [-0.2, 0) is 6.42 Å². The van der Waals surface area contributed by atoms with Crippen molar-refractivity contribution >= 4 is 24.8 Å². The molecule has 29 heavy (non-hydrogen) atoms. The third-order valence-corrected chi connectivity index (χ3v) is 5.34. The summed E-state index contributed by atoms with van der Waals surface area (Å²) in [6.45, 7) is 10.7. The first-order valence-electron chi connectivity index (χ1n) is 10.3. The van der Waals surface area contributed by atoms with Crippen LogP contribution < -0.4 is 5.73 Å². The molecule has 0 aliphatic carbocycles. The molecule has 0 aromatic heterocycles. The molecule has 0 aliphatic rings. The molecule has 5 heteroatoms. The van der Waals surface area contributed by atoms with Crippen LogP contribution in [0.3, 0.4) is 0 Å². The highest BCUT2D eigenvalue weighted by Crippen LogP contribution is 2.35. The van der Waals surface area contributed by atoms with Gasteiger partial charge in [0.25, 0.3) is 0 Å². The summed E-state index contributed by atoms with van der Waals surface area (Å²) in [7, 11) is 0. The zero-order valence-corrected chi connectivity index (χ0v) is 19.8. The zero-order chi connectivity index (χ0) is 19.8. The fourth-order valence-electron chi connectivity index (χ4n) is 3.92. The number of hydrogen-bond acceptors (Lipinski definition) is 3. The number of benzene rings is 2. The summed E-state index contributed by atoms with van der Waals surface area (Å²) in [6, 6.07) is 17.6. The van der Waals surface area contributed by atoms with Crippen LogP contribution in [0.1, 0.15) is 63.1 Å². The molecule has 0 spiro atoms. The van der Waals surface area contributed by atoms with Crippen LogP contribution in [0.2, 0.25) is 0 Å². The molecule has 0 fully saturated rings. The van der Waals surface area contributed by atoms with Crippen LogP contribution >= 0.6 is 24.8 Å². The van der Waals surface area contributed by atoms with Crippen LogP contribution in [0, 0.1) is 0 Å². The van der Waals surface area contributed by atoms with Gasteiger partial charge in [-0.1, -0.05) is 42.5 Å². The van der Waals surface area contributed by atoms with Gasteiger partial charge < -0.3 is 10.8 Å². The minimum Gasteiger partial charge on any atom is -0.508 e. The van der Waals surface area contributed by atoms with Crippen molar-refractivity contribution in [2.75, 3.05) is 13.1 Å². The van der Waals surface area contributed by atoms with Crippen molar-refractivity contribution in [2.45, 2.75) is 65.0 Å². The van der Waals surface area contributed by atoms with E-state index in [1.54, 1.807) is 0 Å². The van der Waals surface area contributed by atoms with E-state index >= 15 is 0 Å². The topological polar surface area (TPSA) is 49.5 Å². The second-order valence-corrected chi connectivity index (χ2v) is 7.96. The van der Waals surface area contributed by atoms with Gasteiger partial charge in [-0.2, -0.15) is 0 Å². The second-order valence-electron chi connectivity index (χ2n) is 7.96. The largest absolute Gasteiger partial charge is 0.508 e. The van der Waals surface area contributed by atoms with Crippen molar-refractivity contribution in [3.05, 3.63) is 65.2 Å². The van der Waals surface area contributed by atoms with E-state index in [2.05, 4.69) is 62.9 Å². The lowest BCUT2D eigenvalue weighted by atomic mass is 9.86. The van der Waals surface area contributed by atoms with Crippen LogP contribution in [0.5, 0.6) is 5.75 Å². The monoisotopic (exact) mass is 440 g/mol. The minimum atomic E-state index is 0. The number of halogens is 2. The van der Waals surface area contributed by atoms with E-state index in [4.69, 9.17) is 5.73 Å². The van der Waals surface area contributed by atoms with Crippen LogP contribution in [0.25, 0.3) is 0 Å². The first-order chi connectivity index (χ1) is 12.9. The zero-order valence-electron chi connectivity index (χ0n) is 18.2. The van der Waals surface area contributed by atoms with Gasteiger partial charge in [0, 0.05) is 23.6 Å². The van der Waals surface area contributed by atoms with Gasteiger partial charge in [0.2, 0.25) is 0 Å². The van der Waals surface area contributed by atoms with Gasteiger partial charge in [0.05, 0.1) is 0 Å². The fraction of sp³-hybridized carbons (Fsp3) is 0.500. The molecule has 2 aromatic rings. The first-order valence-corrected chi connectivity index (χ1v) is 10.3. The smallest absolute Gasteiger partial charge is 0.119 e. The number of rotatable bonds is 10. The highest BCUT2D eigenvalue weighted by atomic mass is 35.5. The highest BCUT2D eigenvalue weighted by molar-refractivity contribution is 5.85. The highest BCUT2D eigenvalue weighted by Gasteiger charge is 2.21. The lowest BCUT2D eigenvalue weighted by Crippen LogP contribution is -2.38. The van der Waals surface area contributed by atoms with E-state index in [9.17, 15) is 5.11 Å². The fourth-order valence-corrected chi connectivity index (χ4v) is 3.92. The molecule has 0 amide bonds. The van der Waals surface area contributed by atoms with Crippen LogP contribution in [-0.4, -0.2) is 35.2 Å². The van der Waals surface area contributed by atoms with E-state index in [0.29, 0.717) is 24.4 Å². The Morgan fingerprint density at radius 3 is 2.10 bits per heavy atom. The minimum absolute atomic E-state index is 0. The Morgan fingerprint density at radius 1 is 0.931 bits per heavy atom. The Labute approximate surface area is 189 Å². The number of nitrogens with two attached hydrogens (primary N) is 1. The molecule has 2 aromatic carbocycles. The summed E-state index contributed by atoms with van der Waals surface area (Å²) in [5, 5.41) is 10.6. The normalized spacial score (nSPS) is 12.0. The van der Waals surface area contributed by atoms with Gasteiger partial charge in [0.15, 0.2) is 0 Å². The molecule has 0 saturated carbocycles. The van der Waals surface area contributed by atoms with Crippen molar-refractivity contribution in [1.29, 1.82) is 0 Å².